The van der Waals surface area contributed by atoms with Crippen LogP contribution in [0.5, 0.6) is 0 Å². The Morgan fingerprint density at radius 1 is 1.30 bits per heavy atom. The van der Waals surface area contributed by atoms with Crippen LogP contribution in [-0.2, 0) is 4.79 Å². The minimum Gasteiger partial charge on any atom is -0.322 e. The first-order valence-electron chi connectivity index (χ1n) is 7.75. The molecule has 1 saturated carbocycles. The second-order valence-corrected chi connectivity index (χ2v) is 6.32. The Hall–Kier alpha value is -1.35. The van der Waals surface area contributed by atoms with E-state index in [9.17, 15) is 4.79 Å². The van der Waals surface area contributed by atoms with E-state index in [4.69, 9.17) is 0 Å². The molecule has 3 nitrogen and oxygen atoms in total. The maximum Gasteiger partial charge on any atom is 0.238 e. The van der Waals surface area contributed by atoms with E-state index in [2.05, 4.69) is 37.4 Å². The Kier molecular flexibility index (Phi) is 3.79. The van der Waals surface area contributed by atoms with Gasteiger partial charge in [-0.05, 0) is 37.3 Å². The third-order valence-corrected chi connectivity index (χ3v) is 4.80. The largest absolute Gasteiger partial charge is 0.322 e. The van der Waals surface area contributed by atoms with Crippen LogP contribution in [0.15, 0.2) is 18.2 Å². The van der Waals surface area contributed by atoms with Crippen LogP contribution >= 0.6 is 0 Å². The van der Waals surface area contributed by atoms with Crippen molar-refractivity contribution in [3.8, 4) is 0 Å². The summed E-state index contributed by atoms with van der Waals surface area (Å²) >= 11 is 0. The molecule has 0 spiro atoms. The second-order valence-electron chi connectivity index (χ2n) is 6.32. The highest BCUT2D eigenvalue weighted by Gasteiger charge is 2.32. The number of nitrogens with zero attached hydrogens (tertiary/aromatic N) is 1. The van der Waals surface area contributed by atoms with Crippen molar-refractivity contribution in [1.29, 1.82) is 0 Å². The number of carbonyl (C=O) groups is 1. The molecule has 3 rings (SSSR count). The summed E-state index contributed by atoms with van der Waals surface area (Å²) in [5.41, 5.74) is 3.79. The van der Waals surface area contributed by atoms with Crippen LogP contribution in [0, 0.1) is 19.8 Å². The lowest BCUT2D eigenvalue weighted by atomic mass is 9.83. The Labute approximate surface area is 121 Å². The Morgan fingerprint density at radius 2 is 2.10 bits per heavy atom. The number of hydrogen-bond acceptors (Lipinski definition) is 2. The number of benzene rings is 1. The molecule has 0 radical (unpaired) electrons. The summed E-state index contributed by atoms with van der Waals surface area (Å²) in [6.07, 6.45) is 5.31. The number of aryl methyl sites for hydroxylation is 2. The monoisotopic (exact) mass is 272 g/mol. The molecule has 1 aliphatic carbocycles. The van der Waals surface area contributed by atoms with Gasteiger partial charge in [-0.25, -0.2) is 0 Å². The minimum absolute atomic E-state index is 0.0724. The van der Waals surface area contributed by atoms with Crippen LogP contribution in [-0.4, -0.2) is 23.9 Å². The van der Waals surface area contributed by atoms with Gasteiger partial charge in [0, 0.05) is 6.54 Å². The van der Waals surface area contributed by atoms with Gasteiger partial charge in [-0.1, -0.05) is 43.0 Å². The fourth-order valence-corrected chi connectivity index (χ4v) is 3.31. The molecule has 20 heavy (non-hydrogen) atoms. The summed E-state index contributed by atoms with van der Waals surface area (Å²) in [6, 6.07) is 6.50. The highest BCUT2D eigenvalue weighted by atomic mass is 16.2. The van der Waals surface area contributed by atoms with Gasteiger partial charge in [0.1, 0.15) is 6.17 Å². The first-order valence-corrected chi connectivity index (χ1v) is 7.75. The number of hydrogen-bond donors (Lipinski definition) is 1. The highest BCUT2D eigenvalue weighted by Crippen LogP contribution is 2.32. The standard InChI is InChI=1S/C17H24N2O/c1-12-6-7-15(13(2)10-12)17-18-11-16(20)19(17)9-8-14-4-3-5-14/h6-7,10,14,17-18H,3-5,8-9,11H2,1-2H3. The van der Waals surface area contributed by atoms with Crippen molar-refractivity contribution >= 4 is 5.91 Å². The molecular weight excluding hydrogens is 248 g/mol. The summed E-state index contributed by atoms with van der Waals surface area (Å²) in [7, 11) is 0. The van der Waals surface area contributed by atoms with E-state index >= 15 is 0 Å². The average molecular weight is 272 g/mol. The molecule has 1 aromatic carbocycles. The van der Waals surface area contributed by atoms with Gasteiger partial charge in [-0.15, -0.1) is 0 Å². The fraction of sp³-hybridized carbons (Fsp3) is 0.588. The summed E-state index contributed by atoms with van der Waals surface area (Å²) in [5.74, 6) is 1.09. The molecule has 0 aromatic heterocycles. The molecule has 1 atom stereocenters. The molecule has 0 bridgehead atoms. The quantitative estimate of drug-likeness (QED) is 0.914. The molecule has 1 heterocycles. The van der Waals surface area contributed by atoms with E-state index in [1.165, 1.54) is 36.0 Å². The molecule has 1 N–H and O–H groups in total. The van der Waals surface area contributed by atoms with Crippen molar-refractivity contribution in [1.82, 2.24) is 10.2 Å². The fourth-order valence-electron chi connectivity index (χ4n) is 3.31. The number of carbonyl (C=O) groups excluding carboxylic acids is 1. The van der Waals surface area contributed by atoms with Gasteiger partial charge < -0.3 is 4.90 Å². The van der Waals surface area contributed by atoms with Crippen LogP contribution in [0.3, 0.4) is 0 Å². The van der Waals surface area contributed by atoms with Gasteiger partial charge in [-0.3, -0.25) is 10.1 Å². The maximum absolute atomic E-state index is 12.1. The van der Waals surface area contributed by atoms with Crippen molar-refractivity contribution in [2.24, 2.45) is 5.92 Å². The van der Waals surface area contributed by atoms with Crippen LogP contribution in [0.2, 0.25) is 0 Å². The van der Waals surface area contributed by atoms with Gasteiger partial charge in [0.15, 0.2) is 0 Å². The first kappa shape index (κ1) is 13.6. The number of rotatable bonds is 4. The van der Waals surface area contributed by atoms with E-state index < -0.39 is 0 Å². The van der Waals surface area contributed by atoms with Gasteiger partial charge >= 0.3 is 0 Å². The molecule has 1 amide bonds. The molecule has 1 aliphatic heterocycles. The normalized spacial score (nSPS) is 23.2. The van der Waals surface area contributed by atoms with Gasteiger partial charge in [0.25, 0.3) is 0 Å². The topological polar surface area (TPSA) is 32.3 Å². The second kappa shape index (κ2) is 5.57. The molecular formula is C17H24N2O. The maximum atomic E-state index is 12.1. The zero-order valence-corrected chi connectivity index (χ0v) is 12.5. The molecule has 2 aliphatic rings. The summed E-state index contributed by atoms with van der Waals surface area (Å²) in [5, 5.41) is 3.37. The molecule has 1 aromatic rings. The van der Waals surface area contributed by atoms with Gasteiger partial charge in [0.2, 0.25) is 5.91 Å². The van der Waals surface area contributed by atoms with Crippen LogP contribution in [0.4, 0.5) is 0 Å². The van der Waals surface area contributed by atoms with E-state index in [1.807, 2.05) is 4.90 Å². The Morgan fingerprint density at radius 3 is 2.75 bits per heavy atom. The zero-order valence-electron chi connectivity index (χ0n) is 12.5. The minimum atomic E-state index is 0.0724. The lowest BCUT2D eigenvalue weighted by molar-refractivity contribution is -0.128. The predicted molar refractivity (Wildman–Crippen MR) is 80.3 cm³/mol. The third kappa shape index (κ3) is 2.59. The van der Waals surface area contributed by atoms with Crippen LogP contribution < -0.4 is 5.32 Å². The van der Waals surface area contributed by atoms with Crippen LogP contribution in [0.25, 0.3) is 0 Å². The van der Waals surface area contributed by atoms with Crippen LogP contribution in [0.1, 0.15) is 48.5 Å². The number of nitrogens with one attached hydrogen (secondary N) is 1. The van der Waals surface area contributed by atoms with Crippen molar-refractivity contribution in [2.75, 3.05) is 13.1 Å². The molecule has 1 unspecified atom stereocenters. The molecule has 2 fully saturated rings. The molecule has 108 valence electrons. The van der Waals surface area contributed by atoms with Crippen molar-refractivity contribution < 1.29 is 4.79 Å². The zero-order chi connectivity index (χ0) is 14.1. The summed E-state index contributed by atoms with van der Waals surface area (Å²) in [4.78, 5) is 14.2. The lowest BCUT2D eigenvalue weighted by Crippen LogP contribution is -2.33. The van der Waals surface area contributed by atoms with Gasteiger partial charge in [0.05, 0.1) is 6.54 Å². The van der Waals surface area contributed by atoms with E-state index in [0.29, 0.717) is 6.54 Å². The van der Waals surface area contributed by atoms with E-state index in [0.717, 1.165) is 18.9 Å². The van der Waals surface area contributed by atoms with Gasteiger partial charge in [-0.2, -0.15) is 0 Å². The van der Waals surface area contributed by atoms with E-state index in [-0.39, 0.29) is 12.1 Å². The predicted octanol–water partition coefficient (Wildman–Crippen LogP) is 2.92. The van der Waals surface area contributed by atoms with E-state index in [1.54, 1.807) is 0 Å². The van der Waals surface area contributed by atoms with Crippen molar-refractivity contribution in [2.45, 2.75) is 45.7 Å². The average Bonchev–Trinajstić information content (AvgIpc) is 2.69. The smallest absolute Gasteiger partial charge is 0.238 e. The SMILES string of the molecule is Cc1ccc(C2NCC(=O)N2CCC2CCC2)c(C)c1. The summed E-state index contributed by atoms with van der Waals surface area (Å²) in [6.45, 7) is 5.62. The molecule has 1 saturated heterocycles. The first-order chi connectivity index (χ1) is 9.65. The molecule has 3 heteroatoms. The third-order valence-electron chi connectivity index (χ3n) is 4.80. The Bertz CT molecular complexity index is 508. The summed E-state index contributed by atoms with van der Waals surface area (Å²) < 4.78 is 0. The highest BCUT2D eigenvalue weighted by molar-refractivity contribution is 5.81. The number of amides is 1. The van der Waals surface area contributed by atoms with Crippen molar-refractivity contribution in [3.63, 3.8) is 0 Å². The van der Waals surface area contributed by atoms with Crippen molar-refractivity contribution in [3.05, 3.63) is 34.9 Å². The lowest BCUT2D eigenvalue weighted by Gasteiger charge is -2.30. The Balaban J connectivity index is 1.74.